The fourth-order valence-corrected chi connectivity index (χ4v) is 8.62. The second-order valence-electron chi connectivity index (χ2n) is 13.0. The molecule has 1 aromatic carbocycles. The Morgan fingerprint density at radius 3 is 2.44 bits per heavy atom. The van der Waals surface area contributed by atoms with Crippen LogP contribution in [0.15, 0.2) is 35.9 Å². The summed E-state index contributed by atoms with van der Waals surface area (Å²) in [6.07, 6.45) is 7.90. The van der Waals surface area contributed by atoms with Gasteiger partial charge in [0.1, 0.15) is 11.4 Å². The van der Waals surface area contributed by atoms with E-state index in [1.807, 2.05) is 37.3 Å². The van der Waals surface area contributed by atoms with E-state index in [-0.39, 0.29) is 35.9 Å². The van der Waals surface area contributed by atoms with Crippen molar-refractivity contribution in [3.8, 4) is 5.75 Å². The molecule has 4 aliphatic carbocycles. The first kappa shape index (κ1) is 29.5. The number of hydrogen-bond acceptors (Lipinski definition) is 7. The first-order valence-corrected chi connectivity index (χ1v) is 15.0. The summed E-state index contributed by atoms with van der Waals surface area (Å²) in [5.41, 5.74) is 0.133. The van der Waals surface area contributed by atoms with Crippen LogP contribution in [-0.2, 0) is 30.5 Å². The second-order valence-corrected chi connectivity index (χ2v) is 13.0. The largest absolute Gasteiger partial charge is 0.497 e. The predicted molar refractivity (Wildman–Crippen MR) is 152 cm³/mol. The minimum atomic E-state index is -1.53. The third-order valence-electron chi connectivity index (χ3n) is 11.1. The lowest BCUT2D eigenvalue weighted by atomic mass is 9.46. The maximum absolute atomic E-state index is 13.4. The van der Waals surface area contributed by atoms with E-state index in [2.05, 4.69) is 12.2 Å². The molecule has 6 atom stereocenters. The Bertz CT molecular complexity index is 1240. The molecule has 0 bridgehead atoms. The molecule has 0 aliphatic heterocycles. The van der Waals surface area contributed by atoms with Crippen molar-refractivity contribution in [2.45, 2.75) is 90.2 Å². The second kappa shape index (κ2) is 11.3. The van der Waals surface area contributed by atoms with Crippen LogP contribution in [0.1, 0.15) is 83.6 Å². The van der Waals surface area contributed by atoms with Gasteiger partial charge in [0.05, 0.1) is 13.5 Å². The number of nitrogens with one attached hydrogen (secondary N) is 1. The summed E-state index contributed by atoms with van der Waals surface area (Å²) < 4.78 is 10.4. The van der Waals surface area contributed by atoms with Crippen LogP contribution in [0.25, 0.3) is 0 Å². The SMILES string of the molecule is COc1ccc(CNC(=O)CCC(=O)OCC(=O)[C@@]2(O)CC[C@H]3[C@H]4CCC5=CC(=O)CC[C@]5(C)[C@H]4CC[C@]32C)cc1. The average Bonchev–Trinajstić information content (AvgIpc) is 3.25. The highest BCUT2D eigenvalue weighted by Gasteiger charge is 2.66. The monoisotopic (exact) mass is 565 g/mol. The summed E-state index contributed by atoms with van der Waals surface area (Å²) in [7, 11) is 1.59. The average molecular weight is 566 g/mol. The quantitative estimate of drug-likeness (QED) is 0.424. The van der Waals surface area contributed by atoms with E-state index in [0.717, 1.165) is 49.8 Å². The van der Waals surface area contributed by atoms with Gasteiger partial charge < -0.3 is 19.9 Å². The molecular formula is C33H43NO7. The lowest BCUT2D eigenvalue weighted by Gasteiger charge is -2.58. The standard InChI is InChI=1S/C33H43NO7/c1-31-15-12-23(35)18-22(31)6-9-25-26(31)13-16-32(2)27(25)14-17-33(32,39)28(36)20-41-30(38)11-10-29(37)34-19-21-4-7-24(40-3)8-5-21/h4-5,7-8,18,25-27,39H,6,9-17,19-20H2,1-3H3,(H,34,37)/t25-,26-,27-,31-,32+,33-/m0/s1. The van der Waals surface area contributed by atoms with Gasteiger partial charge in [0.2, 0.25) is 11.7 Å². The number of ether oxygens (including phenoxy) is 2. The number of aliphatic hydroxyl groups is 1. The van der Waals surface area contributed by atoms with E-state index < -0.39 is 29.4 Å². The lowest BCUT2D eigenvalue weighted by molar-refractivity contribution is -0.170. The number of carbonyl (C=O) groups is 4. The molecule has 0 spiro atoms. The number of rotatable bonds is 9. The molecule has 1 amide bonds. The topological polar surface area (TPSA) is 119 Å². The summed E-state index contributed by atoms with van der Waals surface area (Å²) in [6.45, 7) is 4.22. The van der Waals surface area contributed by atoms with E-state index >= 15 is 0 Å². The maximum atomic E-state index is 13.4. The third-order valence-corrected chi connectivity index (χ3v) is 11.1. The van der Waals surface area contributed by atoms with Gasteiger partial charge in [-0.25, -0.2) is 0 Å². The zero-order chi connectivity index (χ0) is 29.4. The first-order valence-electron chi connectivity index (χ1n) is 15.0. The first-order chi connectivity index (χ1) is 19.5. The molecule has 8 nitrogen and oxygen atoms in total. The summed E-state index contributed by atoms with van der Waals surface area (Å²) in [6, 6.07) is 7.33. The Morgan fingerprint density at radius 2 is 1.71 bits per heavy atom. The van der Waals surface area contributed by atoms with Gasteiger partial charge in [0.25, 0.3) is 0 Å². The Morgan fingerprint density at radius 1 is 0.976 bits per heavy atom. The van der Waals surface area contributed by atoms with Gasteiger partial charge in [0.15, 0.2) is 12.4 Å². The molecule has 0 heterocycles. The van der Waals surface area contributed by atoms with Crippen LogP contribution in [0.4, 0.5) is 0 Å². The number of amides is 1. The fraction of sp³-hybridized carbons (Fsp3) is 0.636. The minimum Gasteiger partial charge on any atom is -0.497 e. The number of ketones is 2. The molecule has 3 fully saturated rings. The molecule has 1 aromatic rings. The third kappa shape index (κ3) is 5.36. The van der Waals surface area contributed by atoms with Crippen molar-refractivity contribution in [3.63, 3.8) is 0 Å². The molecule has 41 heavy (non-hydrogen) atoms. The number of hydrogen-bond donors (Lipinski definition) is 2. The summed E-state index contributed by atoms with van der Waals surface area (Å²) in [4.78, 5) is 50.1. The highest BCUT2D eigenvalue weighted by atomic mass is 16.5. The van der Waals surface area contributed by atoms with Crippen LogP contribution < -0.4 is 10.1 Å². The number of esters is 1. The molecule has 0 aromatic heterocycles. The Labute approximate surface area is 242 Å². The van der Waals surface area contributed by atoms with E-state index in [4.69, 9.17) is 9.47 Å². The van der Waals surface area contributed by atoms with Gasteiger partial charge in [0, 0.05) is 24.8 Å². The molecule has 5 rings (SSSR count). The zero-order valence-electron chi connectivity index (χ0n) is 24.5. The predicted octanol–water partition coefficient (Wildman–Crippen LogP) is 4.47. The molecule has 222 valence electrons. The minimum absolute atomic E-state index is 0.0271. The van der Waals surface area contributed by atoms with Crippen molar-refractivity contribution < 1.29 is 33.8 Å². The van der Waals surface area contributed by atoms with Gasteiger partial charge >= 0.3 is 5.97 Å². The molecule has 4 aliphatic rings. The number of fused-ring (bicyclic) bond motifs is 5. The molecule has 0 radical (unpaired) electrons. The summed E-state index contributed by atoms with van der Waals surface area (Å²) in [5, 5.41) is 14.6. The van der Waals surface area contributed by atoms with Crippen molar-refractivity contribution in [2.75, 3.05) is 13.7 Å². The van der Waals surface area contributed by atoms with E-state index in [0.29, 0.717) is 31.2 Å². The zero-order valence-corrected chi connectivity index (χ0v) is 24.5. The van der Waals surface area contributed by atoms with Crippen LogP contribution in [-0.4, -0.2) is 47.9 Å². The maximum Gasteiger partial charge on any atom is 0.306 e. The highest BCUT2D eigenvalue weighted by Crippen LogP contribution is 2.67. The van der Waals surface area contributed by atoms with Crippen LogP contribution in [0.2, 0.25) is 0 Å². The summed E-state index contributed by atoms with van der Waals surface area (Å²) in [5.74, 6) is 0.698. The van der Waals surface area contributed by atoms with Crippen LogP contribution >= 0.6 is 0 Å². The summed E-state index contributed by atoms with van der Waals surface area (Å²) >= 11 is 0. The van der Waals surface area contributed by atoms with Crippen LogP contribution in [0.5, 0.6) is 5.75 Å². The van der Waals surface area contributed by atoms with Gasteiger partial charge in [-0.2, -0.15) is 0 Å². The Hall–Kier alpha value is -3.00. The molecule has 0 unspecified atom stereocenters. The van der Waals surface area contributed by atoms with E-state index in [9.17, 15) is 24.3 Å². The van der Waals surface area contributed by atoms with Crippen LogP contribution in [0.3, 0.4) is 0 Å². The van der Waals surface area contributed by atoms with Crippen LogP contribution in [0, 0.1) is 28.6 Å². The van der Waals surface area contributed by atoms with Crippen molar-refractivity contribution in [2.24, 2.45) is 28.6 Å². The van der Waals surface area contributed by atoms with Gasteiger partial charge in [-0.05, 0) is 91.9 Å². The lowest BCUT2D eigenvalue weighted by Crippen LogP contribution is -2.58. The normalized spacial score (nSPS) is 34.0. The number of allylic oxidation sites excluding steroid dienone is 1. The number of methoxy groups -OCH3 is 1. The molecule has 2 N–H and O–H groups in total. The Kier molecular flexibility index (Phi) is 8.16. The smallest absolute Gasteiger partial charge is 0.306 e. The molecule has 8 heteroatoms. The fourth-order valence-electron chi connectivity index (χ4n) is 8.62. The molecule has 3 saturated carbocycles. The van der Waals surface area contributed by atoms with Crippen molar-refractivity contribution in [1.82, 2.24) is 5.32 Å². The number of carbonyl (C=O) groups excluding carboxylic acids is 4. The van der Waals surface area contributed by atoms with E-state index in [1.54, 1.807) is 7.11 Å². The number of Topliss-reactive ketones (excluding diaryl/α,β-unsaturated/α-hetero) is 1. The Balaban J connectivity index is 1.12. The van der Waals surface area contributed by atoms with Crippen molar-refractivity contribution in [3.05, 3.63) is 41.5 Å². The highest BCUT2D eigenvalue weighted by molar-refractivity contribution is 5.92. The van der Waals surface area contributed by atoms with E-state index in [1.165, 1.54) is 5.57 Å². The van der Waals surface area contributed by atoms with Crippen molar-refractivity contribution in [1.29, 1.82) is 0 Å². The molecular weight excluding hydrogens is 522 g/mol. The van der Waals surface area contributed by atoms with Crippen molar-refractivity contribution >= 4 is 23.4 Å². The number of benzene rings is 1. The molecule has 0 saturated heterocycles. The van der Waals surface area contributed by atoms with Gasteiger partial charge in [-0.3, -0.25) is 19.2 Å². The van der Waals surface area contributed by atoms with Gasteiger partial charge in [-0.15, -0.1) is 0 Å². The van der Waals surface area contributed by atoms with Gasteiger partial charge in [-0.1, -0.05) is 31.6 Å².